The fourth-order valence-corrected chi connectivity index (χ4v) is 6.09. The monoisotopic (exact) mass is 582 g/mol. The van der Waals surface area contributed by atoms with E-state index in [9.17, 15) is 13.5 Å². The highest BCUT2D eigenvalue weighted by molar-refractivity contribution is 9.10. The first-order valence-corrected chi connectivity index (χ1v) is 14.3. The topological polar surface area (TPSA) is 120 Å². The summed E-state index contributed by atoms with van der Waals surface area (Å²) in [6, 6.07) is 17.4. The van der Waals surface area contributed by atoms with Crippen molar-refractivity contribution in [3.63, 3.8) is 0 Å². The number of hydrogen-bond acceptors (Lipinski definition) is 8. The Labute approximate surface area is 224 Å². The van der Waals surface area contributed by atoms with Gasteiger partial charge in [-0.15, -0.1) is 10.2 Å². The van der Waals surface area contributed by atoms with Gasteiger partial charge in [-0.1, -0.05) is 34.1 Å². The van der Waals surface area contributed by atoms with Gasteiger partial charge in [0.05, 0.1) is 16.6 Å². The van der Waals surface area contributed by atoms with Gasteiger partial charge in [0.25, 0.3) is 0 Å². The molecule has 4 aromatic rings. The van der Waals surface area contributed by atoms with Crippen LogP contribution in [0.3, 0.4) is 0 Å². The lowest BCUT2D eigenvalue weighted by molar-refractivity contribution is 0.279. The number of anilines is 1. The second kappa shape index (κ2) is 10.7. The van der Waals surface area contributed by atoms with E-state index in [1.54, 1.807) is 48.5 Å². The molecule has 5 rings (SSSR count). The fraction of sp³-hybridized carbons (Fsp3) is 0.269. The number of benzene rings is 3. The van der Waals surface area contributed by atoms with Gasteiger partial charge in [0.2, 0.25) is 16.0 Å². The number of nitrogens with one attached hydrogen (secondary N) is 2. The highest BCUT2D eigenvalue weighted by atomic mass is 79.9. The Morgan fingerprint density at radius 3 is 2.73 bits per heavy atom. The predicted molar refractivity (Wildman–Crippen MR) is 147 cm³/mol. The number of phenols is 1. The maximum atomic E-state index is 12.5. The Kier molecular flexibility index (Phi) is 7.38. The Balaban J connectivity index is 1.27. The van der Waals surface area contributed by atoms with E-state index < -0.39 is 10.0 Å². The first-order valence-electron chi connectivity index (χ1n) is 12.0. The molecule has 0 aliphatic carbocycles. The quantitative estimate of drug-likeness (QED) is 0.281. The molecule has 3 N–H and O–H groups in total. The molecule has 2 heterocycles. The summed E-state index contributed by atoms with van der Waals surface area (Å²) < 4.78 is 28.5. The number of aryl methyl sites for hydroxylation is 1. The van der Waals surface area contributed by atoms with Crippen LogP contribution in [0.2, 0.25) is 0 Å². The van der Waals surface area contributed by atoms with Crippen molar-refractivity contribution in [3.8, 4) is 16.9 Å². The molecule has 37 heavy (non-hydrogen) atoms. The smallest absolute Gasteiger partial charge is 0.244 e. The number of halogens is 1. The first kappa shape index (κ1) is 25.5. The first-order chi connectivity index (χ1) is 17.8. The van der Waals surface area contributed by atoms with Crippen LogP contribution in [0.15, 0.2) is 70.0 Å². The minimum absolute atomic E-state index is 0.0108. The van der Waals surface area contributed by atoms with Gasteiger partial charge in [-0.25, -0.2) is 18.1 Å². The molecule has 0 saturated carbocycles. The molecule has 0 spiro atoms. The van der Waals surface area contributed by atoms with E-state index in [0.717, 1.165) is 46.1 Å². The van der Waals surface area contributed by atoms with Gasteiger partial charge in [-0.3, -0.25) is 4.90 Å². The molecule has 1 saturated heterocycles. The highest BCUT2D eigenvalue weighted by Crippen LogP contribution is 2.34. The van der Waals surface area contributed by atoms with Gasteiger partial charge < -0.3 is 10.4 Å². The highest BCUT2D eigenvalue weighted by Gasteiger charge is 2.25. The maximum Gasteiger partial charge on any atom is 0.244 e. The minimum Gasteiger partial charge on any atom is -0.508 e. The van der Waals surface area contributed by atoms with Gasteiger partial charge in [0.1, 0.15) is 11.3 Å². The van der Waals surface area contributed by atoms with Crippen molar-refractivity contribution in [1.82, 2.24) is 24.8 Å². The van der Waals surface area contributed by atoms with Crippen LogP contribution < -0.4 is 10.0 Å². The summed E-state index contributed by atoms with van der Waals surface area (Å²) in [5, 5.41) is 22.0. The molecule has 11 heteroatoms. The van der Waals surface area contributed by atoms with Crippen molar-refractivity contribution >= 4 is 42.9 Å². The lowest BCUT2D eigenvalue weighted by atomic mass is 10.0. The molecule has 9 nitrogen and oxygen atoms in total. The molecule has 0 bridgehead atoms. The van der Waals surface area contributed by atoms with Crippen molar-refractivity contribution < 1.29 is 13.5 Å². The summed E-state index contributed by atoms with van der Waals surface area (Å²) >= 11 is 3.55. The normalized spacial score (nSPS) is 16.3. The predicted octanol–water partition coefficient (Wildman–Crippen LogP) is 4.28. The van der Waals surface area contributed by atoms with Crippen molar-refractivity contribution in [2.45, 2.75) is 30.8 Å². The van der Waals surface area contributed by atoms with Crippen LogP contribution in [0.1, 0.15) is 18.4 Å². The summed E-state index contributed by atoms with van der Waals surface area (Å²) in [4.78, 5) is 7.17. The number of phenolic OH excluding ortho intramolecular Hbond substituents is 1. The number of fused-ring (bicyclic) bond motifs is 1. The number of likely N-dealkylation sites (tertiary alicyclic amines) is 1. The van der Waals surface area contributed by atoms with Crippen molar-refractivity contribution in [3.05, 3.63) is 70.7 Å². The molecule has 0 amide bonds. The second-order valence-corrected chi connectivity index (χ2v) is 11.6. The summed E-state index contributed by atoms with van der Waals surface area (Å²) in [7, 11) is -3.53. The lowest BCUT2D eigenvalue weighted by Crippen LogP contribution is -2.41. The third-order valence-electron chi connectivity index (χ3n) is 6.42. The Morgan fingerprint density at radius 1 is 1.11 bits per heavy atom. The van der Waals surface area contributed by atoms with Crippen LogP contribution in [0.5, 0.6) is 5.75 Å². The number of aromatic nitrogens is 3. The molecule has 192 valence electrons. The van der Waals surface area contributed by atoms with E-state index in [1.165, 1.54) is 0 Å². The molecule has 1 aliphatic rings. The van der Waals surface area contributed by atoms with Crippen LogP contribution in [0.25, 0.3) is 22.2 Å². The summed E-state index contributed by atoms with van der Waals surface area (Å²) in [6.45, 7) is 3.69. The third-order valence-corrected chi connectivity index (χ3v) is 8.58. The van der Waals surface area contributed by atoms with E-state index in [-0.39, 0.29) is 16.8 Å². The van der Waals surface area contributed by atoms with Crippen LogP contribution >= 0.6 is 15.9 Å². The molecular formula is C26H27BrN6O3S. The second-order valence-electron chi connectivity index (χ2n) is 9.01. The molecule has 0 radical (unpaired) electrons. The zero-order valence-corrected chi connectivity index (χ0v) is 22.6. The molecule has 1 unspecified atom stereocenters. The third kappa shape index (κ3) is 5.74. The van der Waals surface area contributed by atoms with E-state index in [0.29, 0.717) is 24.6 Å². The van der Waals surface area contributed by atoms with Gasteiger partial charge in [-0.2, -0.15) is 0 Å². The minimum atomic E-state index is -3.53. The van der Waals surface area contributed by atoms with Crippen molar-refractivity contribution in [1.29, 1.82) is 0 Å². The SMILES string of the molecule is Cc1cc(-c2cc(O)ccc2Br)cc2nnc(NC3CCCN3CCNS(=O)(=O)c3ccccc3)nc12. The van der Waals surface area contributed by atoms with Crippen molar-refractivity contribution in [2.24, 2.45) is 0 Å². The van der Waals surface area contributed by atoms with Gasteiger partial charge >= 0.3 is 0 Å². The van der Waals surface area contributed by atoms with E-state index in [4.69, 9.17) is 4.98 Å². The number of rotatable bonds is 8. The average molecular weight is 584 g/mol. The van der Waals surface area contributed by atoms with Gasteiger partial charge in [0, 0.05) is 24.1 Å². The fourth-order valence-electron chi connectivity index (χ4n) is 4.58. The average Bonchev–Trinajstić information content (AvgIpc) is 3.33. The number of aromatic hydroxyl groups is 1. The summed E-state index contributed by atoms with van der Waals surface area (Å²) in [5.41, 5.74) is 4.12. The Morgan fingerprint density at radius 2 is 1.92 bits per heavy atom. The van der Waals surface area contributed by atoms with Crippen LogP contribution in [-0.4, -0.2) is 59.4 Å². The van der Waals surface area contributed by atoms with E-state index in [1.807, 2.05) is 19.1 Å². The zero-order chi connectivity index (χ0) is 26.0. The molecule has 3 aromatic carbocycles. The Hall–Kier alpha value is -3.12. The number of sulfonamides is 1. The molecule has 1 aromatic heterocycles. The van der Waals surface area contributed by atoms with E-state index >= 15 is 0 Å². The largest absolute Gasteiger partial charge is 0.508 e. The zero-order valence-electron chi connectivity index (χ0n) is 20.2. The summed E-state index contributed by atoms with van der Waals surface area (Å²) in [5.74, 6) is 0.623. The standard InChI is InChI=1S/C26H27BrN6O3S/c1-17-14-18(21-16-19(34)9-10-22(21)27)15-23-25(17)30-26(32-31-23)29-24-8-5-12-33(24)13-11-28-37(35,36)20-6-3-2-4-7-20/h2-4,6-7,9-10,14-16,24,28,34H,5,8,11-13H2,1H3,(H,29,30,32). The maximum absolute atomic E-state index is 12.5. The van der Waals surface area contributed by atoms with Crippen LogP contribution in [0.4, 0.5) is 5.95 Å². The molecule has 1 fully saturated rings. The van der Waals surface area contributed by atoms with E-state index in [2.05, 4.69) is 41.1 Å². The summed E-state index contributed by atoms with van der Waals surface area (Å²) in [6.07, 6.45) is 1.88. The Bertz CT molecular complexity index is 1530. The lowest BCUT2D eigenvalue weighted by Gasteiger charge is -2.25. The molecular weight excluding hydrogens is 556 g/mol. The van der Waals surface area contributed by atoms with Gasteiger partial charge in [0.15, 0.2) is 0 Å². The molecule has 1 atom stereocenters. The number of hydrogen-bond donors (Lipinski definition) is 3. The van der Waals surface area contributed by atoms with Gasteiger partial charge in [-0.05, 0) is 78.9 Å². The number of nitrogens with zero attached hydrogens (tertiary/aromatic N) is 4. The molecule has 1 aliphatic heterocycles. The van der Waals surface area contributed by atoms with Crippen LogP contribution in [0, 0.1) is 6.92 Å². The van der Waals surface area contributed by atoms with Crippen LogP contribution in [-0.2, 0) is 10.0 Å². The van der Waals surface area contributed by atoms with Crippen molar-refractivity contribution in [2.75, 3.05) is 25.0 Å².